The van der Waals surface area contributed by atoms with E-state index in [1.54, 1.807) is 17.0 Å². The lowest BCUT2D eigenvalue weighted by molar-refractivity contribution is 0.539. The van der Waals surface area contributed by atoms with Gasteiger partial charge in [0.05, 0.1) is 18.9 Å². The van der Waals surface area contributed by atoms with Gasteiger partial charge in [-0.1, -0.05) is 23.9 Å². The number of nitrogens with zero attached hydrogens (tertiary/aromatic N) is 6. The van der Waals surface area contributed by atoms with Crippen LogP contribution in [0.15, 0.2) is 60.1 Å². The highest BCUT2D eigenvalue weighted by molar-refractivity contribution is 7.98. The highest BCUT2D eigenvalue weighted by Crippen LogP contribution is 2.26. The molecule has 0 fully saturated rings. The van der Waals surface area contributed by atoms with Gasteiger partial charge in [-0.25, -0.2) is 28.7 Å². The molecule has 0 N–H and O–H groups in total. The molecule has 144 valence electrons. The summed E-state index contributed by atoms with van der Waals surface area (Å²) in [6, 6.07) is 9.52. The van der Waals surface area contributed by atoms with Gasteiger partial charge in [0.25, 0.3) is 0 Å². The van der Waals surface area contributed by atoms with Crippen LogP contribution < -0.4 is 0 Å². The molecule has 29 heavy (non-hydrogen) atoms. The molecular formula is C20H14F2N6S. The summed E-state index contributed by atoms with van der Waals surface area (Å²) in [6.07, 6.45) is 7.05. The first-order chi connectivity index (χ1) is 14.2. The first-order valence-electron chi connectivity index (χ1n) is 8.78. The van der Waals surface area contributed by atoms with E-state index in [0.717, 1.165) is 11.3 Å². The summed E-state index contributed by atoms with van der Waals surface area (Å²) in [6.45, 7) is -0.0191. The maximum absolute atomic E-state index is 14.2. The molecule has 0 aliphatic carbocycles. The third-order valence-electron chi connectivity index (χ3n) is 4.66. The predicted octanol–water partition coefficient (Wildman–Crippen LogP) is 4.19. The van der Waals surface area contributed by atoms with Gasteiger partial charge < -0.3 is 0 Å². The molecule has 4 aromatic heterocycles. The molecule has 0 aliphatic rings. The molecule has 4 heterocycles. The Kier molecular flexibility index (Phi) is 4.24. The van der Waals surface area contributed by atoms with Crippen molar-refractivity contribution in [3.05, 3.63) is 72.2 Å². The number of halogens is 2. The van der Waals surface area contributed by atoms with Crippen LogP contribution in [0.3, 0.4) is 0 Å². The fourth-order valence-corrected chi connectivity index (χ4v) is 3.82. The highest BCUT2D eigenvalue weighted by atomic mass is 32.2. The second-order valence-corrected chi connectivity index (χ2v) is 7.13. The van der Waals surface area contributed by atoms with E-state index < -0.39 is 11.6 Å². The maximum atomic E-state index is 14.2. The van der Waals surface area contributed by atoms with Crippen molar-refractivity contribution in [1.82, 2.24) is 28.9 Å². The summed E-state index contributed by atoms with van der Waals surface area (Å²) in [5.41, 5.74) is 2.53. The van der Waals surface area contributed by atoms with E-state index in [2.05, 4.69) is 19.9 Å². The standard InChI is InChI=1S/C20H14F2N6S/c1-29-20-25-15-9-24-18(16-10-23-17-7-2-3-8-27(16)17)26-19(15)28(20)11-12-13(21)5-4-6-14(12)22/h2-10H,11H2,1H3. The minimum atomic E-state index is -0.602. The van der Waals surface area contributed by atoms with Crippen LogP contribution >= 0.6 is 11.8 Å². The van der Waals surface area contributed by atoms with Gasteiger partial charge in [-0.15, -0.1) is 0 Å². The van der Waals surface area contributed by atoms with Gasteiger partial charge in [-0.05, 0) is 30.5 Å². The van der Waals surface area contributed by atoms with Crippen molar-refractivity contribution < 1.29 is 8.78 Å². The second kappa shape index (κ2) is 6.93. The van der Waals surface area contributed by atoms with Crippen LogP contribution in [0.4, 0.5) is 8.78 Å². The SMILES string of the molecule is CSc1nc2cnc(-c3cnc4ccccn34)nc2n1Cc1c(F)cccc1F. The zero-order valence-corrected chi connectivity index (χ0v) is 16.1. The molecule has 0 spiro atoms. The Labute approximate surface area is 168 Å². The summed E-state index contributed by atoms with van der Waals surface area (Å²) in [4.78, 5) is 18.0. The first kappa shape index (κ1) is 17.7. The fourth-order valence-electron chi connectivity index (χ4n) is 3.26. The zero-order valence-electron chi connectivity index (χ0n) is 15.3. The van der Waals surface area contributed by atoms with Crippen molar-refractivity contribution in [2.24, 2.45) is 0 Å². The molecule has 0 unspecified atom stereocenters. The molecule has 0 saturated heterocycles. The average Bonchev–Trinajstić information content (AvgIpc) is 3.31. The number of hydrogen-bond acceptors (Lipinski definition) is 5. The Bertz CT molecular complexity index is 1340. The normalized spacial score (nSPS) is 11.6. The number of imidazole rings is 2. The molecule has 0 saturated carbocycles. The predicted molar refractivity (Wildman–Crippen MR) is 107 cm³/mol. The van der Waals surface area contributed by atoms with Crippen LogP contribution in [0.1, 0.15) is 5.56 Å². The van der Waals surface area contributed by atoms with Gasteiger partial charge in [0.2, 0.25) is 0 Å². The van der Waals surface area contributed by atoms with Gasteiger partial charge in [-0.2, -0.15) is 0 Å². The Balaban J connectivity index is 1.68. The van der Waals surface area contributed by atoms with E-state index in [1.807, 2.05) is 35.1 Å². The van der Waals surface area contributed by atoms with E-state index in [1.165, 1.54) is 30.0 Å². The van der Waals surface area contributed by atoms with Gasteiger partial charge in [0.15, 0.2) is 16.6 Å². The largest absolute Gasteiger partial charge is 0.299 e. The molecule has 0 bridgehead atoms. The summed E-state index contributed by atoms with van der Waals surface area (Å²) in [5, 5.41) is 0.604. The van der Waals surface area contributed by atoms with E-state index in [9.17, 15) is 8.78 Å². The number of benzene rings is 1. The van der Waals surface area contributed by atoms with Crippen molar-refractivity contribution in [3.63, 3.8) is 0 Å². The van der Waals surface area contributed by atoms with Gasteiger partial charge in [-0.3, -0.25) is 8.97 Å². The van der Waals surface area contributed by atoms with Crippen LogP contribution in [0.25, 0.3) is 28.3 Å². The summed E-state index contributed by atoms with van der Waals surface area (Å²) in [5.74, 6) is -0.746. The quantitative estimate of drug-likeness (QED) is 0.417. The average molecular weight is 408 g/mol. The number of thioether (sulfide) groups is 1. The molecule has 0 radical (unpaired) electrons. The first-order valence-corrected chi connectivity index (χ1v) is 10.0. The van der Waals surface area contributed by atoms with Gasteiger partial charge in [0.1, 0.15) is 28.5 Å². The van der Waals surface area contributed by atoms with Crippen molar-refractivity contribution in [3.8, 4) is 11.5 Å². The molecule has 0 amide bonds. The van der Waals surface area contributed by atoms with E-state index in [4.69, 9.17) is 0 Å². The smallest absolute Gasteiger partial charge is 0.180 e. The van der Waals surface area contributed by atoms with Crippen molar-refractivity contribution in [2.45, 2.75) is 11.7 Å². The second-order valence-electron chi connectivity index (χ2n) is 6.36. The highest BCUT2D eigenvalue weighted by Gasteiger charge is 2.18. The molecular weight excluding hydrogens is 394 g/mol. The topological polar surface area (TPSA) is 60.9 Å². The van der Waals surface area contributed by atoms with Crippen LogP contribution in [0.5, 0.6) is 0 Å². The number of pyridine rings is 1. The maximum Gasteiger partial charge on any atom is 0.180 e. The van der Waals surface area contributed by atoms with E-state index in [0.29, 0.717) is 22.1 Å². The third-order valence-corrected chi connectivity index (χ3v) is 5.34. The third kappa shape index (κ3) is 2.94. The van der Waals surface area contributed by atoms with Crippen molar-refractivity contribution in [2.75, 3.05) is 6.26 Å². The monoisotopic (exact) mass is 408 g/mol. The lowest BCUT2D eigenvalue weighted by Crippen LogP contribution is -2.07. The zero-order chi connectivity index (χ0) is 20.0. The number of fused-ring (bicyclic) bond motifs is 2. The molecule has 5 aromatic rings. The number of hydrogen-bond donors (Lipinski definition) is 0. The minimum Gasteiger partial charge on any atom is -0.299 e. The Morgan fingerprint density at radius 3 is 2.59 bits per heavy atom. The van der Waals surface area contributed by atoms with E-state index >= 15 is 0 Å². The van der Waals surface area contributed by atoms with Crippen LogP contribution in [0, 0.1) is 11.6 Å². The summed E-state index contributed by atoms with van der Waals surface area (Å²) >= 11 is 1.38. The number of rotatable bonds is 4. The fraction of sp³-hybridized carbons (Fsp3) is 0.100. The van der Waals surface area contributed by atoms with Crippen molar-refractivity contribution in [1.29, 1.82) is 0 Å². The Hall–Kier alpha value is -3.33. The lowest BCUT2D eigenvalue weighted by Gasteiger charge is -2.09. The summed E-state index contributed by atoms with van der Waals surface area (Å²) < 4.78 is 32.0. The Morgan fingerprint density at radius 1 is 0.966 bits per heavy atom. The van der Waals surface area contributed by atoms with Crippen LogP contribution in [0.2, 0.25) is 0 Å². The van der Waals surface area contributed by atoms with Crippen molar-refractivity contribution >= 4 is 28.6 Å². The molecule has 6 nitrogen and oxygen atoms in total. The Morgan fingerprint density at radius 2 is 1.79 bits per heavy atom. The van der Waals surface area contributed by atoms with Gasteiger partial charge >= 0.3 is 0 Å². The molecule has 0 aliphatic heterocycles. The molecule has 0 atom stereocenters. The van der Waals surface area contributed by atoms with Crippen LogP contribution in [-0.2, 0) is 6.54 Å². The lowest BCUT2D eigenvalue weighted by atomic mass is 10.2. The van der Waals surface area contributed by atoms with Crippen LogP contribution in [-0.4, -0.2) is 35.2 Å². The molecule has 9 heteroatoms. The molecule has 5 rings (SSSR count). The van der Waals surface area contributed by atoms with E-state index in [-0.39, 0.29) is 12.1 Å². The minimum absolute atomic E-state index is 0.0191. The van der Waals surface area contributed by atoms with Gasteiger partial charge in [0, 0.05) is 11.8 Å². The summed E-state index contributed by atoms with van der Waals surface area (Å²) in [7, 11) is 0. The molecule has 1 aromatic carbocycles. The number of aromatic nitrogens is 6.